The quantitative estimate of drug-likeness (QED) is 0.927. The lowest BCUT2D eigenvalue weighted by Gasteiger charge is -2.39. The Balaban J connectivity index is 2.42. The van der Waals surface area contributed by atoms with E-state index in [1.165, 1.54) is 0 Å². The van der Waals surface area contributed by atoms with E-state index in [1.54, 1.807) is 26.1 Å². The van der Waals surface area contributed by atoms with Crippen LogP contribution in [0.1, 0.15) is 43.6 Å². The standard InChI is InChI=1S/C17H25NO3/c1-18(2)16(19)15(17(20)10-5-4-6-11-17)13-8-7-9-14(12-13)21-3/h7-9,12,15,20H,4-6,10-11H2,1-3H3. The highest BCUT2D eigenvalue weighted by Crippen LogP contribution is 2.41. The molecule has 0 saturated heterocycles. The van der Waals surface area contributed by atoms with E-state index in [2.05, 4.69) is 0 Å². The smallest absolute Gasteiger partial charge is 0.232 e. The summed E-state index contributed by atoms with van der Waals surface area (Å²) in [5, 5.41) is 11.1. The number of rotatable bonds is 4. The normalized spacial score (nSPS) is 18.9. The second kappa shape index (κ2) is 6.48. The number of nitrogens with zero attached hydrogens (tertiary/aromatic N) is 1. The molecule has 1 unspecified atom stereocenters. The van der Waals surface area contributed by atoms with Crippen molar-refractivity contribution in [2.45, 2.75) is 43.6 Å². The Labute approximate surface area is 126 Å². The van der Waals surface area contributed by atoms with Crippen LogP contribution in [0.3, 0.4) is 0 Å². The lowest BCUT2D eigenvalue weighted by molar-refractivity contribution is -0.139. The highest BCUT2D eigenvalue weighted by atomic mass is 16.5. The molecule has 1 aliphatic rings. The number of hydrogen-bond acceptors (Lipinski definition) is 3. The van der Waals surface area contributed by atoms with Crippen molar-refractivity contribution < 1.29 is 14.6 Å². The van der Waals surface area contributed by atoms with Gasteiger partial charge in [-0.05, 0) is 30.5 Å². The van der Waals surface area contributed by atoms with Crippen LogP contribution in [-0.2, 0) is 4.79 Å². The third kappa shape index (κ3) is 3.38. The molecule has 2 rings (SSSR count). The van der Waals surface area contributed by atoms with Crippen LogP contribution in [0.5, 0.6) is 5.75 Å². The maximum atomic E-state index is 12.7. The molecular formula is C17H25NO3. The molecule has 1 aromatic carbocycles. The van der Waals surface area contributed by atoms with E-state index in [1.807, 2.05) is 24.3 Å². The van der Waals surface area contributed by atoms with Gasteiger partial charge in [0.1, 0.15) is 5.75 Å². The van der Waals surface area contributed by atoms with Gasteiger partial charge in [0.15, 0.2) is 0 Å². The highest BCUT2D eigenvalue weighted by molar-refractivity contribution is 5.85. The van der Waals surface area contributed by atoms with E-state index in [0.29, 0.717) is 18.6 Å². The first kappa shape index (κ1) is 15.8. The number of likely N-dealkylation sites (N-methyl/N-ethyl adjacent to an activating group) is 1. The van der Waals surface area contributed by atoms with Crippen molar-refractivity contribution in [3.63, 3.8) is 0 Å². The van der Waals surface area contributed by atoms with E-state index in [0.717, 1.165) is 24.8 Å². The Kier molecular flexibility index (Phi) is 4.88. The third-order valence-corrected chi connectivity index (χ3v) is 4.37. The highest BCUT2D eigenvalue weighted by Gasteiger charge is 2.43. The number of aliphatic hydroxyl groups is 1. The molecule has 0 bridgehead atoms. The average molecular weight is 291 g/mol. The summed E-state index contributed by atoms with van der Waals surface area (Å²) in [6.45, 7) is 0. The summed E-state index contributed by atoms with van der Waals surface area (Å²) >= 11 is 0. The SMILES string of the molecule is COc1cccc(C(C(=O)N(C)C)C2(O)CCCCC2)c1. The van der Waals surface area contributed by atoms with Crippen molar-refractivity contribution in [1.29, 1.82) is 0 Å². The van der Waals surface area contributed by atoms with Gasteiger partial charge in [0, 0.05) is 14.1 Å². The Morgan fingerprint density at radius 3 is 2.52 bits per heavy atom. The zero-order valence-electron chi connectivity index (χ0n) is 13.1. The summed E-state index contributed by atoms with van der Waals surface area (Å²) in [6, 6.07) is 7.49. The molecule has 0 radical (unpaired) electrons. The van der Waals surface area contributed by atoms with Crippen molar-refractivity contribution in [3.8, 4) is 5.75 Å². The Hall–Kier alpha value is -1.55. The maximum Gasteiger partial charge on any atom is 0.232 e. The van der Waals surface area contributed by atoms with Crippen molar-refractivity contribution in [2.75, 3.05) is 21.2 Å². The fourth-order valence-corrected chi connectivity index (χ4v) is 3.21. The van der Waals surface area contributed by atoms with Gasteiger partial charge in [-0.3, -0.25) is 4.79 Å². The van der Waals surface area contributed by atoms with Crippen LogP contribution in [-0.4, -0.2) is 42.7 Å². The summed E-state index contributed by atoms with van der Waals surface area (Å²) in [6.07, 6.45) is 4.42. The molecule has 4 heteroatoms. The van der Waals surface area contributed by atoms with Crippen molar-refractivity contribution in [3.05, 3.63) is 29.8 Å². The molecule has 1 aliphatic carbocycles. The summed E-state index contributed by atoms with van der Waals surface area (Å²) < 4.78 is 5.26. The molecule has 0 aromatic heterocycles. The molecule has 0 heterocycles. The predicted octanol–water partition coefficient (Wildman–Crippen LogP) is 2.56. The minimum Gasteiger partial charge on any atom is -0.497 e. The summed E-state index contributed by atoms with van der Waals surface area (Å²) in [7, 11) is 5.08. The molecule has 1 atom stereocenters. The van der Waals surface area contributed by atoms with Crippen LogP contribution in [0.25, 0.3) is 0 Å². The summed E-state index contributed by atoms with van der Waals surface area (Å²) in [4.78, 5) is 14.2. The molecule has 4 nitrogen and oxygen atoms in total. The fraction of sp³-hybridized carbons (Fsp3) is 0.588. The predicted molar refractivity (Wildman–Crippen MR) is 82.5 cm³/mol. The summed E-state index contributed by atoms with van der Waals surface area (Å²) in [5.74, 6) is 0.138. The first-order valence-corrected chi connectivity index (χ1v) is 7.55. The van der Waals surface area contributed by atoms with Gasteiger partial charge in [0.2, 0.25) is 5.91 Å². The topological polar surface area (TPSA) is 49.8 Å². The van der Waals surface area contributed by atoms with Crippen molar-refractivity contribution in [2.24, 2.45) is 0 Å². The van der Waals surface area contributed by atoms with Crippen LogP contribution in [0.4, 0.5) is 0 Å². The Morgan fingerprint density at radius 1 is 1.29 bits per heavy atom. The van der Waals surface area contributed by atoms with Crippen molar-refractivity contribution >= 4 is 5.91 Å². The molecule has 0 spiro atoms. The van der Waals surface area contributed by atoms with Gasteiger partial charge in [-0.1, -0.05) is 31.4 Å². The first-order valence-electron chi connectivity index (χ1n) is 7.55. The minimum atomic E-state index is -0.952. The lowest BCUT2D eigenvalue weighted by atomic mass is 9.72. The monoisotopic (exact) mass is 291 g/mol. The van der Waals surface area contributed by atoms with Crippen LogP contribution < -0.4 is 4.74 Å². The van der Waals surface area contributed by atoms with Crippen LogP contribution in [0.15, 0.2) is 24.3 Å². The van der Waals surface area contributed by atoms with E-state index < -0.39 is 11.5 Å². The Morgan fingerprint density at radius 2 is 1.95 bits per heavy atom. The molecule has 1 fully saturated rings. The maximum absolute atomic E-state index is 12.7. The molecular weight excluding hydrogens is 266 g/mol. The van der Waals surface area contributed by atoms with Gasteiger partial charge in [-0.15, -0.1) is 0 Å². The number of ether oxygens (including phenoxy) is 1. The van der Waals surface area contributed by atoms with E-state index in [4.69, 9.17) is 4.74 Å². The molecule has 116 valence electrons. The van der Waals surface area contributed by atoms with Crippen LogP contribution in [0.2, 0.25) is 0 Å². The van der Waals surface area contributed by atoms with E-state index in [9.17, 15) is 9.90 Å². The lowest BCUT2D eigenvalue weighted by Crippen LogP contribution is -2.46. The molecule has 1 N–H and O–H groups in total. The van der Waals surface area contributed by atoms with Crippen LogP contribution >= 0.6 is 0 Å². The van der Waals surface area contributed by atoms with Gasteiger partial charge in [0.05, 0.1) is 18.6 Å². The first-order chi connectivity index (χ1) is 9.98. The van der Waals surface area contributed by atoms with Gasteiger partial charge in [-0.2, -0.15) is 0 Å². The van der Waals surface area contributed by atoms with Crippen LogP contribution in [0, 0.1) is 0 Å². The number of carbonyl (C=O) groups excluding carboxylic acids is 1. The molecule has 0 aliphatic heterocycles. The zero-order valence-corrected chi connectivity index (χ0v) is 13.1. The third-order valence-electron chi connectivity index (χ3n) is 4.37. The van der Waals surface area contributed by atoms with E-state index >= 15 is 0 Å². The molecule has 21 heavy (non-hydrogen) atoms. The van der Waals surface area contributed by atoms with Gasteiger partial charge in [0.25, 0.3) is 0 Å². The second-order valence-corrected chi connectivity index (χ2v) is 6.11. The average Bonchev–Trinajstić information content (AvgIpc) is 2.48. The number of benzene rings is 1. The van der Waals surface area contributed by atoms with Gasteiger partial charge < -0.3 is 14.7 Å². The molecule has 1 aromatic rings. The number of methoxy groups -OCH3 is 1. The van der Waals surface area contributed by atoms with E-state index in [-0.39, 0.29) is 5.91 Å². The fourth-order valence-electron chi connectivity index (χ4n) is 3.21. The molecule has 1 saturated carbocycles. The summed E-state index contributed by atoms with van der Waals surface area (Å²) in [5.41, 5.74) is -0.121. The van der Waals surface area contributed by atoms with Gasteiger partial charge in [-0.25, -0.2) is 0 Å². The zero-order chi connectivity index (χ0) is 15.5. The Bertz CT molecular complexity index is 493. The number of hydrogen-bond donors (Lipinski definition) is 1. The van der Waals surface area contributed by atoms with Crippen molar-refractivity contribution in [1.82, 2.24) is 4.90 Å². The molecule has 1 amide bonds. The largest absolute Gasteiger partial charge is 0.497 e. The minimum absolute atomic E-state index is 0.0485. The number of amides is 1. The second-order valence-electron chi connectivity index (χ2n) is 6.11. The number of carbonyl (C=O) groups is 1. The van der Waals surface area contributed by atoms with Gasteiger partial charge >= 0.3 is 0 Å².